The number of aliphatic hydroxyl groups is 1. The normalized spacial score (nSPS) is 54.6. The van der Waals surface area contributed by atoms with Crippen molar-refractivity contribution in [2.75, 3.05) is 0 Å². The fraction of sp³-hybridized carbons (Fsp3) is 0.750. The number of allylic oxidation sites excluding steroid dienone is 2. The highest BCUT2D eigenvalue weighted by Gasteiger charge is 2.69. The van der Waals surface area contributed by atoms with Crippen LogP contribution < -0.4 is 0 Å². The molecule has 1 N–H and O–H groups in total. The predicted molar refractivity (Wildman–Crippen MR) is 88.6 cm³/mol. The summed E-state index contributed by atoms with van der Waals surface area (Å²) in [6, 6.07) is 0. The minimum atomic E-state index is -0.737. The summed E-state index contributed by atoms with van der Waals surface area (Å²) >= 11 is 0. The zero-order valence-electron chi connectivity index (χ0n) is 14.5. The van der Waals surface area contributed by atoms with Crippen LogP contribution in [0.25, 0.3) is 0 Å². The molecule has 0 aromatic rings. The Balaban J connectivity index is 1.81. The summed E-state index contributed by atoms with van der Waals surface area (Å²) in [5.41, 5.74) is 0.929. The second-order valence-corrected chi connectivity index (χ2v) is 9.06. The van der Waals surface area contributed by atoms with Gasteiger partial charge in [0, 0.05) is 5.92 Å². The molecule has 7 atom stereocenters. The lowest BCUT2D eigenvalue weighted by atomic mass is 9.45. The maximum absolute atomic E-state index is 12.6. The SMILES string of the molecule is C=CC1(C)CCC2C(=CC3OC(=O)C4(C)C(O)CCC2(C)C34)C1. The highest BCUT2D eigenvalue weighted by atomic mass is 16.6. The molecule has 1 aliphatic heterocycles. The molecule has 3 aliphatic carbocycles. The molecule has 0 bridgehead atoms. The molecule has 3 heteroatoms. The molecule has 0 spiro atoms. The first-order chi connectivity index (χ1) is 10.7. The van der Waals surface area contributed by atoms with Gasteiger partial charge in [0.25, 0.3) is 0 Å². The Bertz CT molecular complexity index is 608. The third-order valence-corrected chi connectivity index (χ3v) is 7.74. The van der Waals surface area contributed by atoms with Crippen molar-refractivity contribution >= 4 is 5.97 Å². The van der Waals surface area contributed by atoms with Crippen LogP contribution in [0.1, 0.15) is 52.9 Å². The highest BCUT2D eigenvalue weighted by molar-refractivity contribution is 5.81. The summed E-state index contributed by atoms with van der Waals surface area (Å²) in [5.74, 6) is 0.416. The summed E-state index contributed by atoms with van der Waals surface area (Å²) in [7, 11) is 0. The minimum absolute atomic E-state index is 0.0530. The molecule has 3 nitrogen and oxygen atoms in total. The molecule has 0 aromatic carbocycles. The molecule has 1 saturated heterocycles. The van der Waals surface area contributed by atoms with Crippen LogP contribution in [0.3, 0.4) is 0 Å². The molecule has 0 aromatic heterocycles. The van der Waals surface area contributed by atoms with Crippen molar-refractivity contribution < 1.29 is 14.6 Å². The van der Waals surface area contributed by atoms with Gasteiger partial charge in [-0.3, -0.25) is 4.79 Å². The fourth-order valence-corrected chi connectivity index (χ4v) is 6.27. The third kappa shape index (κ3) is 1.77. The van der Waals surface area contributed by atoms with E-state index >= 15 is 0 Å². The van der Waals surface area contributed by atoms with Gasteiger partial charge in [0.05, 0.1) is 11.5 Å². The van der Waals surface area contributed by atoms with Gasteiger partial charge in [0.15, 0.2) is 0 Å². The topological polar surface area (TPSA) is 46.5 Å². The van der Waals surface area contributed by atoms with Crippen LogP contribution in [0.5, 0.6) is 0 Å². The van der Waals surface area contributed by atoms with Crippen molar-refractivity contribution in [2.45, 2.75) is 65.1 Å². The quantitative estimate of drug-likeness (QED) is 0.593. The van der Waals surface area contributed by atoms with Gasteiger partial charge >= 0.3 is 5.97 Å². The van der Waals surface area contributed by atoms with E-state index in [4.69, 9.17) is 4.74 Å². The smallest absolute Gasteiger partial charge is 0.315 e. The van der Waals surface area contributed by atoms with Gasteiger partial charge in [-0.05, 0) is 61.9 Å². The van der Waals surface area contributed by atoms with Gasteiger partial charge < -0.3 is 9.84 Å². The highest BCUT2D eigenvalue weighted by Crippen LogP contribution is 2.66. The van der Waals surface area contributed by atoms with Gasteiger partial charge in [-0.2, -0.15) is 0 Å². The van der Waals surface area contributed by atoms with E-state index in [0.717, 1.165) is 25.7 Å². The van der Waals surface area contributed by atoms with Crippen molar-refractivity contribution in [2.24, 2.45) is 28.1 Å². The van der Waals surface area contributed by atoms with Crippen molar-refractivity contribution in [1.29, 1.82) is 0 Å². The van der Waals surface area contributed by atoms with E-state index in [-0.39, 0.29) is 28.8 Å². The van der Waals surface area contributed by atoms with Gasteiger partial charge in [-0.25, -0.2) is 0 Å². The zero-order chi connectivity index (χ0) is 16.6. The van der Waals surface area contributed by atoms with Crippen molar-refractivity contribution in [3.8, 4) is 0 Å². The van der Waals surface area contributed by atoms with Crippen LogP contribution in [0.2, 0.25) is 0 Å². The minimum Gasteiger partial charge on any atom is -0.457 e. The second-order valence-electron chi connectivity index (χ2n) is 9.06. The van der Waals surface area contributed by atoms with Crippen LogP contribution in [0.4, 0.5) is 0 Å². The maximum atomic E-state index is 12.6. The molecule has 0 amide bonds. The predicted octanol–water partition coefficient (Wildman–Crippen LogP) is 3.63. The Morgan fingerprint density at radius 1 is 1.30 bits per heavy atom. The Kier molecular flexibility index (Phi) is 3.02. The molecule has 126 valence electrons. The molecule has 4 rings (SSSR count). The number of ether oxygens (including phenoxy) is 1. The van der Waals surface area contributed by atoms with Crippen molar-refractivity contribution in [1.82, 2.24) is 0 Å². The van der Waals surface area contributed by atoms with E-state index in [1.54, 1.807) is 0 Å². The van der Waals surface area contributed by atoms with E-state index in [9.17, 15) is 9.90 Å². The number of aliphatic hydroxyl groups excluding tert-OH is 1. The number of hydrogen-bond donors (Lipinski definition) is 1. The van der Waals surface area contributed by atoms with E-state index in [2.05, 4.69) is 32.6 Å². The van der Waals surface area contributed by atoms with E-state index in [1.165, 1.54) is 5.57 Å². The number of hydrogen-bond acceptors (Lipinski definition) is 3. The first-order valence-electron chi connectivity index (χ1n) is 8.98. The number of rotatable bonds is 1. The lowest BCUT2D eigenvalue weighted by molar-refractivity contribution is -0.158. The van der Waals surface area contributed by atoms with Crippen molar-refractivity contribution in [3.05, 3.63) is 24.3 Å². The standard InChI is InChI=1S/C20H28O3/c1-5-18(2)8-6-13-12(11-18)10-14-16-19(13,3)9-7-15(21)20(16,4)17(22)23-14/h5,10,13-16,21H,1,6-9,11H2,2-4H3. The average molecular weight is 316 g/mol. The molecule has 7 unspecified atom stereocenters. The van der Waals surface area contributed by atoms with Crippen molar-refractivity contribution in [3.63, 3.8) is 0 Å². The Morgan fingerprint density at radius 2 is 2.04 bits per heavy atom. The van der Waals surface area contributed by atoms with Gasteiger partial charge in [0.2, 0.25) is 0 Å². The van der Waals surface area contributed by atoms with Gasteiger partial charge in [0.1, 0.15) is 6.10 Å². The monoisotopic (exact) mass is 316 g/mol. The summed E-state index contributed by atoms with van der Waals surface area (Å²) < 4.78 is 5.77. The number of carbonyl (C=O) groups excluding carboxylic acids is 1. The summed E-state index contributed by atoms with van der Waals surface area (Å²) in [5, 5.41) is 10.6. The molecule has 23 heavy (non-hydrogen) atoms. The molecule has 1 heterocycles. The Hall–Kier alpha value is -1.09. The van der Waals surface area contributed by atoms with Crippen LogP contribution in [-0.2, 0) is 9.53 Å². The molecular weight excluding hydrogens is 288 g/mol. The van der Waals surface area contributed by atoms with Crippen LogP contribution >= 0.6 is 0 Å². The van der Waals surface area contributed by atoms with E-state index < -0.39 is 11.5 Å². The molecular formula is C20H28O3. The van der Waals surface area contributed by atoms with Gasteiger partial charge in [-0.15, -0.1) is 6.58 Å². The average Bonchev–Trinajstić information content (AvgIpc) is 2.77. The Morgan fingerprint density at radius 3 is 2.74 bits per heavy atom. The molecule has 2 saturated carbocycles. The molecule has 0 radical (unpaired) electrons. The number of fused-ring (bicyclic) bond motifs is 2. The maximum Gasteiger partial charge on any atom is 0.315 e. The molecule has 4 aliphatic rings. The largest absolute Gasteiger partial charge is 0.457 e. The summed E-state index contributed by atoms with van der Waals surface area (Å²) in [4.78, 5) is 12.6. The van der Waals surface area contributed by atoms with E-state index in [0.29, 0.717) is 12.3 Å². The Labute approximate surface area is 138 Å². The number of esters is 1. The first kappa shape index (κ1) is 15.4. The second kappa shape index (κ2) is 4.50. The lowest BCUT2D eigenvalue weighted by Crippen LogP contribution is -2.58. The summed E-state index contributed by atoms with van der Waals surface area (Å²) in [6.45, 7) is 10.6. The molecule has 3 fully saturated rings. The third-order valence-electron chi connectivity index (χ3n) is 7.74. The van der Waals surface area contributed by atoms with Gasteiger partial charge in [-0.1, -0.05) is 25.5 Å². The van der Waals surface area contributed by atoms with Crippen LogP contribution in [-0.4, -0.2) is 23.3 Å². The fourth-order valence-electron chi connectivity index (χ4n) is 6.27. The zero-order valence-corrected chi connectivity index (χ0v) is 14.5. The lowest BCUT2D eigenvalue weighted by Gasteiger charge is -2.58. The first-order valence-corrected chi connectivity index (χ1v) is 8.98. The number of carbonyl (C=O) groups is 1. The van der Waals surface area contributed by atoms with Crippen LogP contribution in [0, 0.1) is 28.1 Å². The van der Waals surface area contributed by atoms with E-state index in [1.807, 2.05) is 6.92 Å². The summed E-state index contributed by atoms with van der Waals surface area (Å²) in [6.07, 6.45) is 8.58. The van der Waals surface area contributed by atoms with Crippen LogP contribution in [0.15, 0.2) is 24.3 Å².